The third-order valence-corrected chi connectivity index (χ3v) is 2.66. The molecule has 0 aliphatic heterocycles. The van der Waals surface area contributed by atoms with Crippen molar-refractivity contribution >= 4 is 11.9 Å². The number of carboxylic acid groups (broad SMARTS) is 1. The van der Waals surface area contributed by atoms with Crippen LogP contribution >= 0.6 is 0 Å². The number of aliphatic hydroxyl groups excluding tert-OH is 1. The summed E-state index contributed by atoms with van der Waals surface area (Å²) in [6.45, 7) is 1.71. The van der Waals surface area contributed by atoms with Crippen molar-refractivity contribution in [2.24, 2.45) is 0 Å². The van der Waals surface area contributed by atoms with E-state index in [4.69, 9.17) is 10.2 Å². The summed E-state index contributed by atoms with van der Waals surface area (Å²) in [6.07, 6.45) is -0.675. The Bertz CT molecular complexity index is 431. The lowest BCUT2D eigenvalue weighted by Gasteiger charge is -2.08. The van der Waals surface area contributed by atoms with E-state index >= 15 is 0 Å². The standard InChI is InChI=1S/C13H17NO4/c1-9-4-2-3-5-10(9)6-7-12(16)14-8-11(15)13(17)18/h2-5,11,15H,6-8H2,1H3,(H,14,16)(H,17,18). The van der Waals surface area contributed by atoms with Crippen molar-refractivity contribution in [2.75, 3.05) is 6.54 Å². The molecule has 1 unspecified atom stereocenters. The Labute approximate surface area is 105 Å². The minimum absolute atomic E-state index is 0.262. The average molecular weight is 251 g/mol. The van der Waals surface area contributed by atoms with Crippen molar-refractivity contribution in [3.8, 4) is 0 Å². The first-order chi connectivity index (χ1) is 8.50. The number of amides is 1. The van der Waals surface area contributed by atoms with Crippen LogP contribution in [0.2, 0.25) is 0 Å². The molecule has 0 aliphatic rings. The van der Waals surface area contributed by atoms with Crippen molar-refractivity contribution in [3.63, 3.8) is 0 Å². The molecule has 0 bridgehead atoms. The third kappa shape index (κ3) is 4.55. The highest BCUT2D eigenvalue weighted by Gasteiger charge is 2.13. The normalized spacial score (nSPS) is 11.9. The van der Waals surface area contributed by atoms with Crippen LogP contribution in [0.5, 0.6) is 0 Å². The fourth-order valence-corrected chi connectivity index (χ4v) is 1.52. The molecule has 0 radical (unpaired) electrons. The number of carbonyl (C=O) groups is 2. The molecule has 0 fully saturated rings. The van der Waals surface area contributed by atoms with Crippen LogP contribution in [0.25, 0.3) is 0 Å². The van der Waals surface area contributed by atoms with Crippen molar-refractivity contribution in [1.82, 2.24) is 5.32 Å². The van der Waals surface area contributed by atoms with Gasteiger partial charge in [0.2, 0.25) is 5.91 Å². The maximum absolute atomic E-state index is 11.4. The zero-order valence-corrected chi connectivity index (χ0v) is 10.2. The van der Waals surface area contributed by atoms with Crippen LogP contribution in [0.15, 0.2) is 24.3 Å². The Hall–Kier alpha value is -1.88. The molecule has 0 heterocycles. The molecule has 0 saturated heterocycles. The summed E-state index contributed by atoms with van der Waals surface area (Å²) in [6, 6.07) is 7.77. The van der Waals surface area contributed by atoms with E-state index in [9.17, 15) is 9.59 Å². The zero-order chi connectivity index (χ0) is 13.5. The molecule has 1 rings (SSSR count). The van der Waals surface area contributed by atoms with E-state index in [1.54, 1.807) is 0 Å². The van der Waals surface area contributed by atoms with Gasteiger partial charge in [-0.3, -0.25) is 4.79 Å². The highest BCUT2D eigenvalue weighted by atomic mass is 16.4. The van der Waals surface area contributed by atoms with Gasteiger partial charge in [-0.2, -0.15) is 0 Å². The second-order valence-corrected chi connectivity index (χ2v) is 4.08. The summed E-state index contributed by atoms with van der Waals surface area (Å²) in [4.78, 5) is 21.8. The second kappa shape index (κ2) is 6.76. The summed E-state index contributed by atoms with van der Waals surface area (Å²) >= 11 is 0. The molecule has 1 atom stereocenters. The van der Waals surface area contributed by atoms with Gasteiger partial charge in [-0.05, 0) is 24.5 Å². The van der Waals surface area contributed by atoms with Gasteiger partial charge in [-0.1, -0.05) is 24.3 Å². The number of benzene rings is 1. The van der Waals surface area contributed by atoms with E-state index in [-0.39, 0.29) is 18.9 Å². The van der Waals surface area contributed by atoms with Gasteiger partial charge >= 0.3 is 5.97 Å². The molecule has 0 aliphatic carbocycles. The Morgan fingerprint density at radius 1 is 1.33 bits per heavy atom. The molecular weight excluding hydrogens is 234 g/mol. The fraction of sp³-hybridized carbons (Fsp3) is 0.385. The highest BCUT2D eigenvalue weighted by molar-refractivity contribution is 5.78. The molecule has 1 aromatic rings. The van der Waals surface area contributed by atoms with Crippen LogP contribution < -0.4 is 5.32 Å². The third-order valence-electron chi connectivity index (χ3n) is 2.66. The van der Waals surface area contributed by atoms with Crippen LogP contribution in [0.1, 0.15) is 17.5 Å². The number of carboxylic acids is 1. The number of hydrogen-bond donors (Lipinski definition) is 3. The molecule has 18 heavy (non-hydrogen) atoms. The quantitative estimate of drug-likeness (QED) is 0.686. The number of rotatable bonds is 6. The molecule has 1 amide bonds. The van der Waals surface area contributed by atoms with Gasteiger partial charge in [0, 0.05) is 6.42 Å². The lowest BCUT2D eigenvalue weighted by Crippen LogP contribution is -2.36. The average Bonchev–Trinajstić information content (AvgIpc) is 2.34. The van der Waals surface area contributed by atoms with E-state index in [1.807, 2.05) is 31.2 Å². The van der Waals surface area contributed by atoms with Crippen molar-refractivity contribution < 1.29 is 19.8 Å². The molecular formula is C13H17NO4. The number of hydrogen-bond acceptors (Lipinski definition) is 3. The monoisotopic (exact) mass is 251 g/mol. The van der Waals surface area contributed by atoms with Gasteiger partial charge < -0.3 is 15.5 Å². The van der Waals surface area contributed by atoms with E-state index in [0.29, 0.717) is 6.42 Å². The lowest BCUT2D eigenvalue weighted by molar-refractivity contribution is -0.146. The molecule has 3 N–H and O–H groups in total. The predicted octanol–water partition coefficient (Wildman–Crippen LogP) is 0.489. The zero-order valence-electron chi connectivity index (χ0n) is 10.2. The largest absolute Gasteiger partial charge is 0.479 e. The predicted molar refractivity (Wildman–Crippen MR) is 66.2 cm³/mol. The minimum Gasteiger partial charge on any atom is -0.479 e. The Balaban J connectivity index is 2.34. The minimum atomic E-state index is -1.55. The van der Waals surface area contributed by atoms with Crippen molar-refractivity contribution in [2.45, 2.75) is 25.9 Å². The highest BCUT2D eigenvalue weighted by Crippen LogP contribution is 2.09. The van der Waals surface area contributed by atoms with Gasteiger partial charge in [-0.25, -0.2) is 4.79 Å². The lowest BCUT2D eigenvalue weighted by atomic mass is 10.0. The summed E-state index contributed by atoms with van der Waals surface area (Å²) in [7, 11) is 0. The molecule has 5 heteroatoms. The Kier molecular flexibility index (Phi) is 5.32. The molecule has 98 valence electrons. The summed E-state index contributed by atoms with van der Waals surface area (Å²) < 4.78 is 0. The van der Waals surface area contributed by atoms with Gasteiger partial charge in [0.1, 0.15) is 0 Å². The maximum atomic E-state index is 11.4. The van der Waals surface area contributed by atoms with Gasteiger partial charge in [0.15, 0.2) is 6.10 Å². The van der Waals surface area contributed by atoms with Crippen LogP contribution in [0, 0.1) is 6.92 Å². The summed E-state index contributed by atoms with van der Waals surface area (Å²) in [5.41, 5.74) is 2.21. The number of aliphatic carboxylic acids is 1. The Morgan fingerprint density at radius 3 is 2.61 bits per heavy atom. The Morgan fingerprint density at radius 2 is 2.00 bits per heavy atom. The SMILES string of the molecule is Cc1ccccc1CCC(=O)NCC(O)C(=O)O. The first-order valence-corrected chi connectivity index (χ1v) is 5.72. The van der Waals surface area contributed by atoms with E-state index < -0.39 is 12.1 Å². The smallest absolute Gasteiger partial charge is 0.334 e. The molecule has 0 spiro atoms. The maximum Gasteiger partial charge on any atom is 0.334 e. The fourth-order valence-electron chi connectivity index (χ4n) is 1.52. The van der Waals surface area contributed by atoms with E-state index in [1.165, 1.54) is 0 Å². The van der Waals surface area contributed by atoms with Crippen LogP contribution in [0.3, 0.4) is 0 Å². The van der Waals surface area contributed by atoms with Gasteiger partial charge in [-0.15, -0.1) is 0 Å². The number of aryl methyl sites for hydroxylation is 2. The van der Waals surface area contributed by atoms with Crippen LogP contribution in [-0.2, 0) is 16.0 Å². The molecule has 5 nitrogen and oxygen atoms in total. The molecule has 0 aromatic heterocycles. The first kappa shape index (κ1) is 14.2. The summed E-state index contributed by atoms with van der Waals surface area (Å²) in [5.74, 6) is -1.60. The van der Waals surface area contributed by atoms with Crippen LogP contribution in [-0.4, -0.2) is 34.7 Å². The van der Waals surface area contributed by atoms with E-state index in [0.717, 1.165) is 11.1 Å². The molecule has 1 aromatic carbocycles. The second-order valence-electron chi connectivity index (χ2n) is 4.08. The van der Waals surface area contributed by atoms with Gasteiger partial charge in [0.05, 0.1) is 6.54 Å². The van der Waals surface area contributed by atoms with E-state index in [2.05, 4.69) is 5.32 Å². The number of carbonyl (C=O) groups excluding carboxylic acids is 1. The van der Waals surface area contributed by atoms with Crippen molar-refractivity contribution in [1.29, 1.82) is 0 Å². The molecule has 0 saturated carbocycles. The summed E-state index contributed by atoms with van der Waals surface area (Å²) in [5, 5.41) is 19.8. The van der Waals surface area contributed by atoms with Crippen molar-refractivity contribution in [3.05, 3.63) is 35.4 Å². The van der Waals surface area contributed by atoms with Gasteiger partial charge in [0.25, 0.3) is 0 Å². The topological polar surface area (TPSA) is 86.6 Å². The first-order valence-electron chi connectivity index (χ1n) is 5.72. The number of aliphatic hydroxyl groups is 1. The number of nitrogens with one attached hydrogen (secondary N) is 1. The van der Waals surface area contributed by atoms with Crippen LogP contribution in [0.4, 0.5) is 0 Å².